The molecule has 16 heavy (non-hydrogen) atoms. The third-order valence-electron chi connectivity index (χ3n) is 2.58. The molecule has 3 heterocycles. The highest BCUT2D eigenvalue weighted by Crippen LogP contribution is 2.02. The molecule has 0 unspecified atom stereocenters. The van der Waals surface area contributed by atoms with Crippen molar-refractivity contribution in [3.63, 3.8) is 0 Å². The number of hydrogen-bond donors (Lipinski definition) is 0. The van der Waals surface area contributed by atoms with Crippen LogP contribution in [0.3, 0.4) is 0 Å². The molecule has 5 heteroatoms. The van der Waals surface area contributed by atoms with Crippen molar-refractivity contribution in [3.05, 3.63) is 30.5 Å². The molecule has 86 valence electrons. The van der Waals surface area contributed by atoms with Crippen molar-refractivity contribution >= 4 is 5.65 Å². The van der Waals surface area contributed by atoms with Crippen LogP contribution in [0.15, 0.2) is 24.7 Å². The van der Waals surface area contributed by atoms with E-state index in [1.165, 1.54) is 48.9 Å². The summed E-state index contributed by atoms with van der Waals surface area (Å²) in [6.45, 7) is 2.64. The molecule has 1 aliphatic heterocycles. The minimum Gasteiger partial charge on any atom is -0.306 e. The second-order valence-corrected chi connectivity index (χ2v) is 3.95. The Bertz CT molecular complexity index is 448. The Kier molecular flexibility index (Phi) is 3.46. The van der Waals surface area contributed by atoms with Crippen molar-refractivity contribution < 1.29 is 4.39 Å². The van der Waals surface area contributed by atoms with Gasteiger partial charge >= 0.3 is 0 Å². The summed E-state index contributed by atoms with van der Waals surface area (Å²) < 4.78 is 14.0. The standard InChI is InChI=1S/C6H4FN3.C5H11N/c7-5-1-2-6-9-8-4-10(6)3-5;1-6-4-2-3-5-6/h1-4H;2-5H2,1H3. The van der Waals surface area contributed by atoms with Crippen LogP contribution in [0.5, 0.6) is 0 Å². The zero-order valence-electron chi connectivity index (χ0n) is 9.30. The van der Waals surface area contributed by atoms with E-state index in [0.29, 0.717) is 5.65 Å². The molecule has 1 saturated heterocycles. The number of fused-ring (bicyclic) bond motifs is 1. The average Bonchev–Trinajstić information content (AvgIpc) is 2.88. The Morgan fingerprint density at radius 2 is 2.00 bits per heavy atom. The monoisotopic (exact) mass is 222 g/mol. The van der Waals surface area contributed by atoms with Gasteiger partial charge in [0, 0.05) is 6.20 Å². The third-order valence-corrected chi connectivity index (χ3v) is 2.58. The van der Waals surface area contributed by atoms with Crippen molar-refractivity contribution in [2.24, 2.45) is 0 Å². The molecular weight excluding hydrogens is 207 g/mol. The zero-order valence-corrected chi connectivity index (χ0v) is 9.30. The Balaban J connectivity index is 0.000000138. The summed E-state index contributed by atoms with van der Waals surface area (Å²) in [5, 5.41) is 7.29. The van der Waals surface area contributed by atoms with Gasteiger partial charge in [0.1, 0.15) is 12.1 Å². The lowest BCUT2D eigenvalue weighted by atomic mass is 10.4. The summed E-state index contributed by atoms with van der Waals surface area (Å²) in [7, 11) is 2.17. The molecule has 0 N–H and O–H groups in total. The predicted molar refractivity (Wildman–Crippen MR) is 59.7 cm³/mol. The molecule has 0 spiro atoms. The van der Waals surface area contributed by atoms with Gasteiger partial charge in [0.2, 0.25) is 0 Å². The van der Waals surface area contributed by atoms with E-state index in [1.807, 2.05) is 0 Å². The highest BCUT2D eigenvalue weighted by Gasteiger charge is 2.03. The van der Waals surface area contributed by atoms with Gasteiger partial charge in [0.25, 0.3) is 0 Å². The maximum atomic E-state index is 12.4. The SMILES string of the molecule is CN1CCCC1.Fc1ccc2nncn2c1. The van der Waals surface area contributed by atoms with Crippen LogP contribution in [-0.4, -0.2) is 39.6 Å². The number of halogens is 1. The van der Waals surface area contributed by atoms with Crippen molar-refractivity contribution in [3.8, 4) is 0 Å². The van der Waals surface area contributed by atoms with E-state index in [2.05, 4.69) is 22.1 Å². The quantitative estimate of drug-likeness (QED) is 0.678. The van der Waals surface area contributed by atoms with Crippen molar-refractivity contribution in [1.29, 1.82) is 0 Å². The topological polar surface area (TPSA) is 33.4 Å². The first-order valence-corrected chi connectivity index (χ1v) is 5.39. The first kappa shape index (κ1) is 11.0. The highest BCUT2D eigenvalue weighted by molar-refractivity contribution is 5.35. The number of pyridine rings is 1. The van der Waals surface area contributed by atoms with E-state index in [1.54, 1.807) is 6.07 Å². The lowest BCUT2D eigenvalue weighted by molar-refractivity contribution is 0.418. The minimum absolute atomic E-state index is 0.285. The molecule has 0 saturated carbocycles. The van der Waals surface area contributed by atoms with Gasteiger partial charge in [-0.2, -0.15) is 0 Å². The van der Waals surface area contributed by atoms with E-state index >= 15 is 0 Å². The summed E-state index contributed by atoms with van der Waals surface area (Å²) >= 11 is 0. The number of hydrogen-bond acceptors (Lipinski definition) is 3. The molecule has 3 rings (SSSR count). The first-order valence-electron chi connectivity index (χ1n) is 5.39. The van der Waals surface area contributed by atoms with E-state index in [9.17, 15) is 4.39 Å². The summed E-state index contributed by atoms with van der Waals surface area (Å²) in [6.07, 6.45) is 5.61. The molecule has 1 fully saturated rings. The number of aromatic nitrogens is 3. The van der Waals surface area contributed by atoms with Gasteiger partial charge in [0.05, 0.1) is 0 Å². The van der Waals surface area contributed by atoms with Gasteiger partial charge in [-0.05, 0) is 45.1 Å². The smallest absolute Gasteiger partial charge is 0.160 e. The molecule has 2 aromatic rings. The minimum atomic E-state index is -0.285. The van der Waals surface area contributed by atoms with E-state index in [-0.39, 0.29) is 5.82 Å². The highest BCUT2D eigenvalue weighted by atomic mass is 19.1. The fourth-order valence-electron chi connectivity index (χ4n) is 1.68. The van der Waals surface area contributed by atoms with Crippen LogP contribution in [0, 0.1) is 5.82 Å². The predicted octanol–water partition coefficient (Wildman–Crippen LogP) is 1.58. The third kappa shape index (κ3) is 2.76. The molecule has 0 radical (unpaired) electrons. The van der Waals surface area contributed by atoms with Gasteiger partial charge < -0.3 is 4.90 Å². The molecule has 0 bridgehead atoms. The van der Waals surface area contributed by atoms with E-state index < -0.39 is 0 Å². The second-order valence-electron chi connectivity index (χ2n) is 3.95. The number of nitrogens with zero attached hydrogens (tertiary/aromatic N) is 4. The van der Waals surface area contributed by atoms with Crippen LogP contribution in [0.4, 0.5) is 4.39 Å². The second kappa shape index (κ2) is 5.03. The van der Waals surface area contributed by atoms with E-state index in [0.717, 1.165) is 0 Å². The molecule has 0 aliphatic carbocycles. The maximum Gasteiger partial charge on any atom is 0.160 e. The van der Waals surface area contributed by atoms with Crippen molar-refractivity contribution in [2.45, 2.75) is 12.8 Å². The van der Waals surface area contributed by atoms with Crippen LogP contribution in [0.1, 0.15) is 12.8 Å². The summed E-state index contributed by atoms with van der Waals surface area (Å²) in [5.41, 5.74) is 0.654. The summed E-state index contributed by atoms with van der Waals surface area (Å²) in [6, 6.07) is 2.92. The lowest BCUT2D eigenvalue weighted by Gasteiger charge is -2.01. The Morgan fingerprint density at radius 1 is 1.25 bits per heavy atom. The number of likely N-dealkylation sites (tertiary alicyclic amines) is 1. The summed E-state index contributed by atoms with van der Waals surface area (Å²) in [4.78, 5) is 2.36. The molecule has 4 nitrogen and oxygen atoms in total. The molecule has 2 aromatic heterocycles. The molecule has 0 amide bonds. The molecule has 0 atom stereocenters. The normalized spacial score (nSPS) is 16.1. The van der Waals surface area contributed by atoms with Gasteiger partial charge in [0.15, 0.2) is 5.65 Å². The lowest BCUT2D eigenvalue weighted by Crippen LogP contribution is -2.10. The van der Waals surface area contributed by atoms with Gasteiger partial charge in [-0.25, -0.2) is 4.39 Å². The fraction of sp³-hybridized carbons (Fsp3) is 0.455. The van der Waals surface area contributed by atoms with Crippen LogP contribution in [0.25, 0.3) is 5.65 Å². The van der Waals surface area contributed by atoms with Crippen LogP contribution >= 0.6 is 0 Å². The van der Waals surface area contributed by atoms with Gasteiger partial charge in [-0.15, -0.1) is 10.2 Å². The molecule has 0 aromatic carbocycles. The van der Waals surface area contributed by atoms with Crippen LogP contribution in [0.2, 0.25) is 0 Å². The largest absolute Gasteiger partial charge is 0.306 e. The van der Waals surface area contributed by atoms with Crippen LogP contribution < -0.4 is 0 Å². The molecule has 1 aliphatic rings. The Labute approximate surface area is 93.7 Å². The average molecular weight is 222 g/mol. The number of rotatable bonds is 0. The fourth-order valence-corrected chi connectivity index (χ4v) is 1.68. The van der Waals surface area contributed by atoms with Gasteiger partial charge in [-0.3, -0.25) is 4.40 Å². The first-order chi connectivity index (χ1) is 7.75. The van der Waals surface area contributed by atoms with E-state index in [4.69, 9.17) is 0 Å². The van der Waals surface area contributed by atoms with Crippen molar-refractivity contribution in [2.75, 3.05) is 20.1 Å². The zero-order chi connectivity index (χ0) is 11.4. The van der Waals surface area contributed by atoms with Gasteiger partial charge in [-0.1, -0.05) is 0 Å². The Morgan fingerprint density at radius 3 is 2.62 bits per heavy atom. The van der Waals surface area contributed by atoms with Crippen LogP contribution in [-0.2, 0) is 0 Å². The summed E-state index contributed by atoms with van der Waals surface area (Å²) in [5.74, 6) is -0.285. The molecular formula is C11H15FN4. The maximum absolute atomic E-state index is 12.4. The van der Waals surface area contributed by atoms with Crippen molar-refractivity contribution in [1.82, 2.24) is 19.5 Å². The Hall–Kier alpha value is -1.49.